The summed E-state index contributed by atoms with van der Waals surface area (Å²) in [5.41, 5.74) is 2.50. The van der Waals surface area contributed by atoms with Gasteiger partial charge in [0.2, 0.25) is 0 Å². The fourth-order valence-corrected chi connectivity index (χ4v) is 0.371. The van der Waals surface area contributed by atoms with Gasteiger partial charge in [-0.05, 0) is 12.8 Å². The predicted octanol–water partition coefficient (Wildman–Crippen LogP) is 0.887. The summed E-state index contributed by atoms with van der Waals surface area (Å²) >= 11 is 0. The average molecular weight is 120 g/mol. The number of halogens is 1. The zero-order valence-corrected chi connectivity index (χ0v) is 5.11. The van der Waals surface area contributed by atoms with Gasteiger partial charge in [-0.25, -0.2) is 5.48 Å². The van der Waals surface area contributed by atoms with Crippen LogP contribution in [0.2, 0.25) is 0 Å². The van der Waals surface area contributed by atoms with Gasteiger partial charge in [0.05, 0.1) is 13.3 Å². The van der Waals surface area contributed by atoms with E-state index in [1.54, 1.807) is 7.05 Å². The van der Waals surface area contributed by atoms with E-state index in [2.05, 4.69) is 5.48 Å². The molecule has 0 unspecified atom stereocenters. The van der Waals surface area contributed by atoms with E-state index in [9.17, 15) is 4.39 Å². The van der Waals surface area contributed by atoms with Crippen LogP contribution in [0.25, 0.3) is 0 Å². The second-order valence-electron chi connectivity index (χ2n) is 1.45. The number of hydroxylamine groups is 1. The molecule has 50 valence electrons. The summed E-state index contributed by atoms with van der Waals surface area (Å²) in [5, 5.41) is 0. The van der Waals surface area contributed by atoms with Gasteiger partial charge in [0, 0.05) is 7.05 Å². The van der Waals surface area contributed by atoms with Crippen LogP contribution in [-0.2, 0) is 4.84 Å². The van der Waals surface area contributed by atoms with E-state index in [1.807, 2.05) is 0 Å². The molecule has 8 heavy (non-hydrogen) atoms. The van der Waals surface area contributed by atoms with E-state index in [0.29, 0.717) is 13.0 Å². The number of nitrogens with one attached hydrogen (secondary N) is 1. The summed E-state index contributed by atoms with van der Waals surface area (Å²) < 4.78 is 11.3. The maximum Gasteiger partial charge on any atom is 0.0895 e. The van der Waals surface area contributed by atoms with Gasteiger partial charge >= 0.3 is 0 Å². The van der Waals surface area contributed by atoms with E-state index in [-0.39, 0.29) is 6.67 Å². The highest BCUT2D eigenvalue weighted by molar-refractivity contribution is 4.33. The first kappa shape index (κ1) is 7.85. The Morgan fingerprint density at radius 2 is 2.25 bits per heavy atom. The van der Waals surface area contributed by atoms with Crippen molar-refractivity contribution in [1.82, 2.24) is 5.48 Å². The minimum absolute atomic E-state index is 0.243. The molecule has 0 rings (SSSR count). The molecule has 0 radical (unpaired) electrons. The Bertz CT molecular complexity index is 37.4. The van der Waals surface area contributed by atoms with E-state index in [1.165, 1.54) is 0 Å². The molecule has 0 aromatic heterocycles. The Labute approximate surface area is 49.0 Å². The van der Waals surface area contributed by atoms with Crippen LogP contribution in [0.15, 0.2) is 0 Å². The van der Waals surface area contributed by atoms with Gasteiger partial charge in [0.1, 0.15) is 0 Å². The smallest absolute Gasteiger partial charge is 0.0895 e. The molecule has 0 fully saturated rings. The molecule has 0 bridgehead atoms. The van der Waals surface area contributed by atoms with Crippen LogP contribution in [-0.4, -0.2) is 20.3 Å². The van der Waals surface area contributed by atoms with Crippen molar-refractivity contribution in [3.05, 3.63) is 0 Å². The SMILES string of the molecule is CNOCCCC[18F]. The molecule has 0 aliphatic heterocycles. The van der Waals surface area contributed by atoms with Crippen LogP contribution < -0.4 is 5.48 Å². The van der Waals surface area contributed by atoms with E-state index in [0.717, 1.165) is 6.42 Å². The van der Waals surface area contributed by atoms with Crippen molar-refractivity contribution in [1.29, 1.82) is 0 Å². The van der Waals surface area contributed by atoms with Gasteiger partial charge in [-0.2, -0.15) is 0 Å². The molecule has 0 atom stereocenters. The minimum Gasteiger partial charge on any atom is -0.302 e. The number of hydrogen-bond acceptors (Lipinski definition) is 2. The summed E-state index contributed by atoms with van der Waals surface area (Å²) in [4.78, 5) is 4.72. The topological polar surface area (TPSA) is 21.3 Å². The molecule has 0 aliphatic rings. The van der Waals surface area contributed by atoms with Crippen molar-refractivity contribution in [2.45, 2.75) is 12.8 Å². The van der Waals surface area contributed by atoms with E-state index >= 15 is 0 Å². The Hall–Kier alpha value is -0.150. The molecule has 0 spiro atoms. The highest BCUT2D eigenvalue weighted by Crippen LogP contribution is 1.87. The van der Waals surface area contributed by atoms with Crippen molar-refractivity contribution < 1.29 is 9.23 Å². The first-order valence-corrected chi connectivity index (χ1v) is 2.76. The standard InChI is InChI=1S/C5H12FNO/c1-7-8-5-3-2-4-6/h7H,2-5H2,1H3/i6-1. The van der Waals surface area contributed by atoms with E-state index in [4.69, 9.17) is 4.84 Å². The lowest BCUT2D eigenvalue weighted by molar-refractivity contribution is 0.0545. The normalized spacial score (nSPS) is 9.75. The number of unbranched alkanes of at least 4 members (excludes halogenated alkanes) is 1. The van der Waals surface area contributed by atoms with Crippen LogP contribution in [0.5, 0.6) is 0 Å². The molecular formula is C5H12FNO. The first-order chi connectivity index (χ1) is 3.91. The van der Waals surface area contributed by atoms with Crippen molar-refractivity contribution in [3.63, 3.8) is 0 Å². The Morgan fingerprint density at radius 1 is 1.50 bits per heavy atom. The molecule has 0 saturated heterocycles. The second kappa shape index (κ2) is 6.85. The quantitative estimate of drug-likeness (QED) is 0.429. The zero-order chi connectivity index (χ0) is 6.24. The number of hydrogen-bond donors (Lipinski definition) is 1. The molecule has 0 aliphatic carbocycles. The van der Waals surface area contributed by atoms with Crippen molar-refractivity contribution in [2.24, 2.45) is 0 Å². The van der Waals surface area contributed by atoms with Crippen LogP contribution in [0.1, 0.15) is 12.8 Å². The van der Waals surface area contributed by atoms with Gasteiger partial charge < -0.3 is 4.84 Å². The molecule has 1 N–H and O–H groups in total. The van der Waals surface area contributed by atoms with Crippen LogP contribution in [0.3, 0.4) is 0 Å². The molecule has 0 heterocycles. The first-order valence-electron chi connectivity index (χ1n) is 2.76. The van der Waals surface area contributed by atoms with Gasteiger partial charge in [0.25, 0.3) is 0 Å². The lowest BCUT2D eigenvalue weighted by atomic mass is 10.3. The van der Waals surface area contributed by atoms with Crippen molar-refractivity contribution in [3.8, 4) is 0 Å². The largest absolute Gasteiger partial charge is 0.302 e. The fourth-order valence-electron chi connectivity index (χ4n) is 0.371. The summed E-state index contributed by atoms with van der Waals surface area (Å²) in [6.07, 6.45) is 1.39. The molecule has 0 aromatic carbocycles. The zero-order valence-electron chi connectivity index (χ0n) is 5.11. The van der Waals surface area contributed by atoms with Crippen LogP contribution >= 0.6 is 0 Å². The van der Waals surface area contributed by atoms with Crippen LogP contribution in [0.4, 0.5) is 4.39 Å². The number of rotatable bonds is 5. The van der Waals surface area contributed by atoms with Gasteiger partial charge in [0.15, 0.2) is 0 Å². The Balaban J connectivity index is 2.53. The third-order valence-electron chi connectivity index (χ3n) is 0.774. The third kappa shape index (κ3) is 5.85. The molecule has 0 aromatic rings. The third-order valence-corrected chi connectivity index (χ3v) is 0.774. The molecular weight excluding hydrogens is 108 g/mol. The molecule has 3 heteroatoms. The predicted molar refractivity (Wildman–Crippen MR) is 30.2 cm³/mol. The van der Waals surface area contributed by atoms with Gasteiger partial charge in [-0.1, -0.05) is 0 Å². The summed E-state index contributed by atoms with van der Waals surface area (Å²) in [5.74, 6) is 0. The highest BCUT2D eigenvalue weighted by Gasteiger charge is 1.84. The average Bonchev–Trinajstić information content (AvgIpc) is 1.81. The lowest BCUT2D eigenvalue weighted by Gasteiger charge is -1.96. The van der Waals surface area contributed by atoms with Crippen molar-refractivity contribution >= 4 is 0 Å². The van der Waals surface area contributed by atoms with Gasteiger partial charge in [-0.3, -0.25) is 4.39 Å². The molecule has 0 amide bonds. The molecule has 0 saturated carbocycles. The lowest BCUT2D eigenvalue weighted by Crippen LogP contribution is -2.08. The Morgan fingerprint density at radius 3 is 2.75 bits per heavy atom. The fraction of sp³-hybridized carbons (Fsp3) is 1.00. The number of alkyl halides is 1. The van der Waals surface area contributed by atoms with E-state index < -0.39 is 0 Å². The maximum atomic E-state index is 11.3. The second-order valence-corrected chi connectivity index (χ2v) is 1.45. The summed E-state index contributed by atoms with van der Waals surface area (Å²) in [6, 6.07) is 0. The minimum atomic E-state index is -0.243. The maximum absolute atomic E-state index is 11.3. The summed E-state index contributed by atoms with van der Waals surface area (Å²) in [7, 11) is 1.69. The highest BCUT2D eigenvalue weighted by atomic mass is 18.2. The summed E-state index contributed by atoms with van der Waals surface area (Å²) in [6.45, 7) is 0.355. The van der Waals surface area contributed by atoms with Gasteiger partial charge in [-0.15, -0.1) is 0 Å². The monoisotopic (exact) mass is 120 g/mol. The van der Waals surface area contributed by atoms with Crippen LogP contribution in [0, 0.1) is 0 Å². The van der Waals surface area contributed by atoms with Crippen molar-refractivity contribution in [2.75, 3.05) is 20.3 Å². The molecule has 2 nitrogen and oxygen atoms in total. The Kier molecular flexibility index (Phi) is 6.72.